The normalized spacial score (nSPS) is 21.4. The van der Waals surface area contributed by atoms with Crippen LogP contribution >= 0.6 is 11.6 Å². The van der Waals surface area contributed by atoms with E-state index in [4.69, 9.17) is 36.1 Å². The van der Waals surface area contributed by atoms with Gasteiger partial charge < -0.3 is 14.9 Å². The minimum absolute atomic E-state index is 0.391. The number of ether oxygens (including phenoxy) is 1. The summed E-state index contributed by atoms with van der Waals surface area (Å²) < 4.78 is 5.49. The molecular formula is C11H14ClN3O5. The van der Waals surface area contributed by atoms with E-state index in [1.165, 1.54) is 0 Å². The highest BCUT2D eigenvalue weighted by molar-refractivity contribution is 6.29. The molecule has 0 amide bonds. The van der Waals surface area contributed by atoms with Crippen LogP contribution in [0.4, 0.5) is 0 Å². The number of methoxy groups -OCH3 is 1. The third kappa shape index (κ3) is 3.41. The van der Waals surface area contributed by atoms with E-state index in [9.17, 15) is 0 Å². The third-order valence-corrected chi connectivity index (χ3v) is 3.16. The number of carboxylic acid groups (broad SMARTS) is 2. The van der Waals surface area contributed by atoms with E-state index in [0.717, 1.165) is 18.7 Å². The second-order valence-electron chi connectivity index (χ2n) is 4.01. The van der Waals surface area contributed by atoms with Crippen molar-refractivity contribution in [2.24, 2.45) is 0 Å². The van der Waals surface area contributed by atoms with Crippen molar-refractivity contribution in [1.82, 2.24) is 15.1 Å². The number of hydrogen-bond donors (Lipinski definition) is 2. The highest BCUT2D eigenvalue weighted by Gasteiger charge is 2.45. The van der Waals surface area contributed by atoms with Gasteiger partial charge in [0.05, 0.1) is 0 Å². The van der Waals surface area contributed by atoms with Gasteiger partial charge in [-0.15, -0.1) is 10.2 Å². The molecule has 1 atom stereocenters. The summed E-state index contributed by atoms with van der Waals surface area (Å²) >= 11 is 5.67. The van der Waals surface area contributed by atoms with Crippen molar-refractivity contribution in [3.8, 4) is 0 Å². The number of likely N-dealkylation sites (tertiary alicyclic amines) is 1. The lowest BCUT2D eigenvalue weighted by Crippen LogP contribution is -2.56. The van der Waals surface area contributed by atoms with Gasteiger partial charge in [-0.25, -0.2) is 9.59 Å². The number of aromatic nitrogens is 2. The number of rotatable bonds is 2. The molecule has 9 heteroatoms. The summed E-state index contributed by atoms with van der Waals surface area (Å²) in [6.45, 7) is 1.01. The molecule has 0 radical (unpaired) electrons. The minimum Gasteiger partial charge on any atom is -0.473 e. The molecule has 0 saturated carbocycles. The first-order valence-corrected chi connectivity index (χ1v) is 5.93. The van der Waals surface area contributed by atoms with E-state index >= 15 is 0 Å². The van der Waals surface area contributed by atoms with E-state index < -0.39 is 17.7 Å². The quantitative estimate of drug-likeness (QED) is 0.756. The Bertz CT molecular complexity index is 479. The smallest absolute Gasteiger partial charge is 0.414 e. The average Bonchev–Trinajstić information content (AvgIpc) is 2.41. The molecule has 2 N–H and O–H groups in total. The lowest BCUT2D eigenvalue weighted by atomic mass is 9.95. The molecule has 2 heterocycles. The van der Waals surface area contributed by atoms with Crippen molar-refractivity contribution in [2.75, 3.05) is 20.7 Å². The van der Waals surface area contributed by atoms with Crippen LogP contribution in [0.3, 0.4) is 0 Å². The number of hydrogen-bond acceptors (Lipinski definition) is 6. The number of carbonyl (C=O) groups is 2. The SMILES string of the molecule is CO[C@]1(c2ccc(Cl)nn2)CCN1C.O=C(O)C(=O)O. The van der Waals surface area contributed by atoms with Crippen molar-refractivity contribution in [3.63, 3.8) is 0 Å². The van der Waals surface area contributed by atoms with Gasteiger partial charge in [0.15, 0.2) is 10.9 Å². The zero-order chi connectivity index (χ0) is 15.3. The van der Waals surface area contributed by atoms with Crippen LogP contribution in [0.1, 0.15) is 12.1 Å². The van der Waals surface area contributed by atoms with Gasteiger partial charge in [-0.1, -0.05) is 11.6 Å². The van der Waals surface area contributed by atoms with Gasteiger partial charge >= 0.3 is 11.9 Å². The predicted molar refractivity (Wildman–Crippen MR) is 68.2 cm³/mol. The minimum atomic E-state index is -1.82. The fourth-order valence-corrected chi connectivity index (χ4v) is 1.85. The van der Waals surface area contributed by atoms with Gasteiger partial charge in [0.1, 0.15) is 5.69 Å². The summed E-state index contributed by atoms with van der Waals surface area (Å²) in [7, 11) is 3.69. The summed E-state index contributed by atoms with van der Waals surface area (Å²) in [5, 5.41) is 23.1. The number of carboxylic acids is 2. The van der Waals surface area contributed by atoms with E-state index in [1.807, 2.05) is 13.1 Å². The molecule has 0 unspecified atom stereocenters. The lowest BCUT2D eigenvalue weighted by Gasteiger charge is -2.48. The zero-order valence-electron chi connectivity index (χ0n) is 10.9. The van der Waals surface area contributed by atoms with Gasteiger partial charge in [-0.3, -0.25) is 4.90 Å². The van der Waals surface area contributed by atoms with Crippen molar-refractivity contribution in [2.45, 2.75) is 12.1 Å². The van der Waals surface area contributed by atoms with Crippen LogP contribution in [-0.2, 0) is 20.1 Å². The van der Waals surface area contributed by atoms with Crippen LogP contribution in [0.2, 0.25) is 5.15 Å². The zero-order valence-corrected chi connectivity index (χ0v) is 11.7. The Balaban J connectivity index is 0.000000286. The van der Waals surface area contributed by atoms with E-state index in [0.29, 0.717) is 5.15 Å². The molecule has 1 fully saturated rings. The maximum atomic E-state index is 9.10. The van der Waals surface area contributed by atoms with Crippen LogP contribution in [0.25, 0.3) is 0 Å². The van der Waals surface area contributed by atoms with Gasteiger partial charge in [0.2, 0.25) is 0 Å². The molecule has 0 aromatic carbocycles. The number of nitrogens with zero attached hydrogens (tertiary/aromatic N) is 3. The molecule has 0 bridgehead atoms. The summed E-state index contributed by atoms with van der Waals surface area (Å²) in [6.07, 6.45) is 0.941. The second kappa shape index (κ2) is 6.60. The summed E-state index contributed by atoms with van der Waals surface area (Å²) in [6, 6.07) is 3.59. The van der Waals surface area contributed by atoms with Crippen LogP contribution < -0.4 is 0 Å². The van der Waals surface area contributed by atoms with Crippen molar-refractivity contribution >= 4 is 23.5 Å². The highest BCUT2D eigenvalue weighted by Crippen LogP contribution is 2.38. The summed E-state index contributed by atoms with van der Waals surface area (Å²) in [5.41, 5.74) is 0.426. The molecule has 1 aromatic rings. The molecule has 110 valence electrons. The predicted octanol–water partition coefficient (Wildman–Crippen LogP) is 0.420. The monoisotopic (exact) mass is 303 g/mol. The van der Waals surface area contributed by atoms with E-state index in [-0.39, 0.29) is 0 Å². The maximum Gasteiger partial charge on any atom is 0.414 e. The Morgan fingerprint density at radius 2 is 1.95 bits per heavy atom. The van der Waals surface area contributed by atoms with Crippen molar-refractivity contribution in [1.29, 1.82) is 0 Å². The molecule has 20 heavy (non-hydrogen) atoms. The Morgan fingerprint density at radius 3 is 2.20 bits per heavy atom. The fourth-order valence-electron chi connectivity index (χ4n) is 1.75. The van der Waals surface area contributed by atoms with Crippen LogP contribution in [0, 0.1) is 0 Å². The molecule has 1 aliphatic rings. The average molecular weight is 304 g/mol. The first kappa shape index (κ1) is 16.3. The van der Waals surface area contributed by atoms with Gasteiger partial charge in [0.25, 0.3) is 0 Å². The topological polar surface area (TPSA) is 113 Å². The molecule has 1 aromatic heterocycles. The first-order chi connectivity index (χ1) is 9.33. The largest absolute Gasteiger partial charge is 0.473 e. The Kier molecular flexibility index (Phi) is 5.37. The summed E-state index contributed by atoms with van der Waals surface area (Å²) in [4.78, 5) is 20.3. The summed E-state index contributed by atoms with van der Waals surface area (Å²) in [5.74, 6) is -3.65. The highest BCUT2D eigenvalue weighted by atomic mass is 35.5. The van der Waals surface area contributed by atoms with E-state index in [1.54, 1.807) is 13.2 Å². The maximum absolute atomic E-state index is 9.10. The Labute approximate surface area is 119 Å². The van der Waals surface area contributed by atoms with Crippen molar-refractivity contribution in [3.05, 3.63) is 23.0 Å². The molecule has 2 rings (SSSR count). The van der Waals surface area contributed by atoms with E-state index in [2.05, 4.69) is 15.1 Å². The number of halogens is 1. The fraction of sp³-hybridized carbons (Fsp3) is 0.455. The van der Waals surface area contributed by atoms with Crippen LogP contribution in [0.5, 0.6) is 0 Å². The van der Waals surface area contributed by atoms with Crippen molar-refractivity contribution < 1.29 is 24.5 Å². The molecule has 0 aliphatic carbocycles. The molecule has 0 spiro atoms. The van der Waals surface area contributed by atoms with Crippen LogP contribution in [0.15, 0.2) is 12.1 Å². The second-order valence-corrected chi connectivity index (χ2v) is 4.40. The standard InChI is InChI=1S/C9H12ClN3O.C2H2O4/c1-13-6-5-9(13,14-2)7-3-4-8(10)12-11-7;3-1(4)2(5)6/h3-4H,5-6H2,1-2H3;(H,3,4)(H,5,6)/t9-;/m0./s1. The molecule has 8 nitrogen and oxygen atoms in total. The Hall–Kier alpha value is -1.77. The van der Waals surface area contributed by atoms with Gasteiger partial charge in [-0.05, 0) is 19.2 Å². The lowest BCUT2D eigenvalue weighted by molar-refractivity contribution is -0.202. The first-order valence-electron chi connectivity index (χ1n) is 5.56. The Morgan fingerprint density at radius 1 is 1.35 bits per heavy atom. The number of aliphatic carboxylic acids is 2. The molecule has 1 aliphatic heterocycles. The third-order valence-electron chi connectivity index (χ3n) is 2.96. The molecule has 1 saturated heterocycles. The van der Waals surface area contributed by atoms with Gasteiger partial charge in [-0.2, -0.15) is 0 Å². The molecular weight excluding hydrogens is 290 g/mol. The van der Waals surface area contributed by atoms with Gasteiger partial charge in [0, 0.05) is 20.1 Å². The van der Waals surface area contributed by atoms with Crippen LogP contribution in [-0.4, -0.2) is 58.0 Å².